The van der Waals surface area contributed by atoms with E-state index in [4.69, 9.17) is 4.18 Å². The van der Waals surface area contributed by atoms with Crippen LogP contribution in [0, 0.1) is 0 Å². The Balaban J connectivity index is 2.18. The van der Waals surface area contributed by atoms with Crippen LogP contribution in [-0.2, 0) is 60.7 Å². The summed E-state index contributed by atoms with van der Waals surface area (Å²) in [7, 11) is -33.0. The van der Waals surface area contributed by atoms with E-state index in [0.717, 1.165) is 0 Å². The number of fused-ring (bicyclic) bond motifs is 2. The van der Waals surface area contributed by atoms with Crippen molar-refractivity contribution in [3.8, 4) is 11.5 Å². The van der Waals surface area contributed by atoms with Crippen LogP contribution in [-0.4, -0.2) is 78.4 Å². The molecule has 0 amide bonds. The fourth-order valence-electron chi connectivity index (χ4n) is 4.05. The highest BCUT2D eigenvalue weighted by Crippen LogP contribution is 2.42. The SMILES string of the molecule is O=S(=O)(O)c1ccc2c(S(=O)(=O)O)c(OS(=O)(=O)c3cc(S(=O)(=O)O)cc4cc(S(=O)(=O)O)cc(O)c34)c(S(=O)(=O)O)cc2c1. The zero-order valence-corrected chi connectivity index (χ0v) is 26.0. The van der Waals surface area contributed by atoms with Crippen molar-refractivity contribution in [2.45, 2.75) is 29.4 Å². The first-order chi connectivity index (χ1) is 20.1. The Labute approximate surface area is 253 Å². The molecule has 45 heavy (non-hydrogen) atoms. The van der Waals surface area contributed by atoms with Crippen LogP contribution in [0.4, 0.5) is 0 Å². The third-order valence-electron chi connectivity index (χ3n) is 5.82. The summed E-state index contributed by atoms with van der Waals surface area (Å²) >= 11 is 0. The summed E-state index contributed by atoms with van der Waals surface area (Å²) < 4.78 is 199. The smallest absolute Gasteiger partial charge is 0.340 e. The minimum Gasteiger partial charge on any atom is -0.507 e. The van der Waals surface area contributed by atoms with Crippen molar-refractivity contribution in [3.63, 3.8) is 0 Å². The quantitative estimate of drug-likeness (QED) is 0.107. The Morgan fingerprint density at radius 3 is 1.44 bits per heavy atom. The lowest BCUT2D eigenvalue weighted by atomic mass is 10.1. The van der Waals surface area contributed by atoms with Gasteiger partial charge in [-0.25, -0.2) is 0 Å². The van der Waals surface area contributed by atoms with Gasteiger partial charge in [-0.1, -0.05) is 6.07 Å². The fourth-order valence-corrected chi connectivity index (χ4v) is 8.61. The standard InChI is InChI=1S/C20H14O19S6/c21-15-7-12(41(25,26)27)4-10-5-13(42(28,29)30)8-16(18(10)15)45(37,38)39-19-17(43(31,32)33)6-9-3-11(40(22,23)24)1-2-14(9)20(19)44(34,35)36/h1-8,21H,(H,22,23,24)(H,25,26,27)(H,28,29,30)(H,31,32,33)(H,34,35,36). The average Bonchev–Trinajstić information content (AvgIpc) is 2.83. The van der Waals surface area contributed by atoms with Crippen LogP contribution in [0.25, 0.3) is 21.5 Å². The lowest BCUT2D eigenvalue weighted by molar-refractivity contribution is 0.450. The molecule has 0 radical (unpaired) electrons. The number of aromatic hydroxyl groups is 1. The monoisotopic (exact) mass is 750 g/mol. The van der Waals surface area contributed by atoms with Gasteiger partial charge in [0.25, 0.3) is 50.6 Å². The van der Waals surface area contributed by atoms with Gasteiger partial charge in [0.15, 0.2) is 5.75 Å². The Morgan fingerprint density at radius 2 is 0.978 bits per heavy atom. The molecule has 0 aliphatic carbocycles. The van der Waals surface area contributed by atoms with Gasteiger partial charge >= 0.3 is 10.1 Å². The lowest BCUT2D eigenvalue weighted by Gasteiger charge is -2.17. The van der Waals surface area contributed by atoms with Crippen LogP contribution in [0.1, 0.15) is 0 Å². The molecule has 0 aliphatic rings. The van der Waals surface area contributed by atoms with Crippen LogP contribution in [0.2, 0.25) is 0 Å². The molecule has 0 atom stereocenters. The van der Waals surface area contributed by atoms with Gasteiger partial charge in [0.05, 0.1) is 14.7 Å². The van der Waals surface area contributed by atoms with E-state index in [1.807, 2.05) is 0 Å². The molecule has 244 valence electrons. The Morgan fingerprint density at radius 1 is 0.489 bits per heavy atom. The Kier molecular flexibility index (Phi) is 8.04. The molecular formula is C20H14O19S6. The van der Waals surface area contributed by atoms with Gasteiger partial charge in [0.2, 0.25) is 0 Å². The van der Waals surface area contributed by atoms with Gasteiger partial charge in [-0.05, 0) is 47.2 Å². The predicted molar refractivity (Wildman–Crippen MR) is 146 cm³/mol. The zero-order valence-electron chi connectivity index (χ0n) is 21.1. The molecule has 0 fully saturated rings. The van der Waals surface area contributed by atoms with Gasteiger partial charge in [-0.2, -0.15) is 50.5 Å². The van der Waals surface area contributed by atoms with E-state index in [2.05, 4.69) is 0 Å². The molecule has 0 aromatic heterocycles. The van der Waals surface area contributed by atoms with Gasteiger partial charge in [-0.15, -0.1) is 0 Å². The van der Waals surface area contributed by atoms with Crippen molar-refractivity contribution in [1.29, 1.82) is 0 Å². The highest BCUT2D eigenvalue weighted by molar-refractivity contribution is 7.89. The highest BCUT2D eigenvalue weighted by atomic mass is 32.2. The van der Waals surface area contributed by atoms with Crippen molar-refractivity contribution < 1.29 is 82.6 Å². The van der Waals surface area contributed by atoms with Crippen LogP contribution >= 0.6 is 0 Å². The molecule has 0 aliphatic heterocycles. The molecule has 19 nitrogen and oxygen atoms in total. The van der Waals surface area contributed by atoms with Crippen LogP contribution < -0.4 is 4.18 Å². The van der Waals surface area contributed by atoms with E-state index in [1.165, 1.54) is 0 Å². The average molecular weight is 751 g/mol. The maximum atomic E-state index is 13.6. The Hall–Kier alpha value is -3.50. The molecule has 0 unspecified atom stereocenters. The first kappa shape index (κ1) is 34.4. The molecule has 4 aromatic carbocycles. The number of phenols is 1. The first-order valence-corrected chi connectivity index (χ1v) is 19.5. The molecule has 0 spiro atoms. The summed E-state index contributed by atoms with van der Waals surface area (Å²) in [6.07, 6.45) is 0. The summed E-state index contributed by atoms with van der Waals surface area (Å²) in [5.74, 6) is -3.17. The minimum atomic E-state index is -5.89. The maximum absolute atomic E-state index is 13.6. The fraction of sp³-hybridized carbons (Fsp3) is 0. The first-order valence-electron chi connectivity index (χ1n) is 10.9. The molecule has 6 N–H and O–H groups in total. The zero-order chi connectivity index (χ0) is 34.3. The molecule has 0 saturated carbocycles. The lowest BCUT2D eigenvalue weighted by Crippen LogP contribution is -2.17. The van der Waals surface area contributed by atoms with Crippen LogP contribution in [0.15, 0.2) is 77.9 Å². The molecule has 0 saturated heterocycles. The largest absolute Gasteiger partial charge is 0.507 e. The van der Waals surface area contributed by atoms with Crippen LogP contribution in [0.5, 0.6) is 11.5 Å². The van der Waals surface area contributed by atoms with Crippen molar-refractivity contribution >= 4 is 82.3 Å². The third-order valence-corrected chi connectivity index (χ3v) is 11.4. The van der Waals surface area contributed by atoms with Crippen molar-refractivity contribution in [3.05, 3.63) is 48.5 Å². The van der Waals surface area contributed by atoms with Crippen LogP contribution in [0.3, 0.4) is 0 Å². The van der Waals surface area contributed by atoms with Gasteiger partial charge in [0.1, 0.15) is 20.4 Å². The summed E-state index contributed by atoms with van der Waals surface area (Å²) in [5, 5.41) is 7.07. The van der Waals surface area contributed by atoms with Gasteiger partial charge in [0, 0.05) is 16.8 Å². The number of phenolic OH excluding ortho intramolecular Hbond substituents is 1. The van der Waals surface area contributed by atoms with Crippen molar-refractivity contribution in [1.82, 2.24) is 0 Å². The van der Waals surface area contributed by atoms with Gasteiger partial charge < -0.3 is 9.29 Å². The summed E-state index contributed by atoms with van der Waals surface area (Å²) in [5.41, 5.74) is 0. The molecule has 4 rings (SSSR count). The third kappa shape index (κ3) is 6.72. The van der Waals surface area contributed by atoms with E-state index in [1.54, 1.807) is 0 Å². The molecule has 0 heterocycles. The number of rotatable bonds is 8. The van der Waals surface area contributed by atoms with E-state index in [-0.39, 0.29) is 12.1 Å². The minimum absolute atomic E-state index is 0.111. The van der Waals surface area contributed by atoms with Crippen molar-refractivity contribution in [2.75, 3.05) is 0 Å². The number of benzene rings is 4. The Bertz CT molecular complexity index is 2640. The molecule has 4 aromatic rings. The summed E-state index contributed by atoms with van der Waals surface area (Å²) in [6.45, 7) is 0. The summed E-state index contributed by atoms with van der Waals surface area (Å²) in [4.78, 5) is -8.34. The summed E-state index contributed by atoms with van der Waals surface area (Å²) in [6, 6.07) is 3.14. The number of hydrogen-bond acceptors (Lipinski definition) is 14. The second kappa shape index (κ2) is 10.5. The number of hydrogen-bond donors (Lipinski definition) is 6. The molecular weight excluding hydrogens is 737 g/mol. The van der Waals surface area contributed by atoms with E-state index in [9.17, 15) is 78.4 Å². The highest BCUT2D eigenvalue weighted by Gasteiger charge is 2.35. The second-order valence-corrected chi connectivity index (χ2v) is 17.3. The van der Waals surface area contributed by atoms with E-state index in [0.29, 0.717) is 36.4 Å². The predicted octanol–water partition coefficient (Wildman–Crippen LogP) is 0.700. The van der Waals surface area contributed by atoms with E-state index < -0.39 is 123 Å². The normalized spacial score (nSPS) is 13.7. The molecule has 25 heteroatoms. The maximum Gasteiger partial charge on any atom is 0.340 e. The topological polar surface area (TPSA) is 335 Å². The molecule has 0 bridgehead atoms. The second-order valence-electron chi connectivity index (χ2n) is 8.79. The van der Waals surface area contributed by atoms with Gasteiger partial charge in [-0.3, -0.25) is 22.8 Å². The van der Waals surface area contributed by atoms with Crippen molar-refractivity contribution in [2.24, 2.45) is 0 Å². The van der Waals surface area contributed by atoms with E-state index >= 15 is 0 Å².